The average Bonchev–Trinajstić information content (AvgIpc) is 2.86. The molecule has 0 aromatic heterocycles. The molecule has 2 nitrogen and oxygen atoms in total. The number of fused-ring (bicyclic) bond motifs is 1. The van der Waals surface area contributed by atoms with Gasteiger partial charge in [-0.3, -0.25) is 4.90 Å². The summed E-state index contributed by atoms with van der Waals surface area (Å²) in [7, 11) is 0. The summed E-state index contributed by atoms with van der Waals surface area (Å²) in [5.41, 5.74) is 4.47. The zero-order valence-electron chi connectivity index (χ0n) is 10.9. The Labute approximate surface area is 104 Å². The van der Waals surface area contributed by atoms with Gasteiger partial charge < -0.3 is 5.32 Å². The molecule has 1 N–H and O–H groups in total. The van der Waals surface area contributed by atoms with E-state index in [9.17, 15) is 0 Å². The van der Waals surface area contributed by atoms with Crippen molar-refractivity contribution in [2.24, 2.45) is 11.8 Å². The molecule has 2 atom stereocenters. The van der Waals surface area contributed by atoms with Crippen LogP contribution in [0.15, 0.2) is 18.2 Å². The molecule has 0 aliphatic carbocycles. The van der Waals surface area contributed by atoms with Gasteiger partial charge in [0.05, 0.1) is 0 Å². The normalized spacial score (nSPS) is 28.6. The Morgan fingerprint density at radius 1 is 1.12 bits per heavy atom. The molecule has 2 heterocycles. The molecule has 1 fully saturated rings. The lowest BCUT2D eigenvalue weighted by molar-refractivity contribution is 0.316. The summed E-state index contributed by atoms with van der Waals surface area (Å²) in [6, 6.07) is 7.00. The van der Waals surface area contributed by atoms with Crippen molar-refractivity contribution in [3.05, 3.63) is 34.9 Å². The van der Waals surface area contributed by atoms with Gasteiger partial charge in [0.25, 0.3) is 0 Å². The minimum absolute atomic E-state index is 0.853. The third kappa shape index (κ3) is 2.24. The molecule has 17 heavy (non-hydrogen) atoms. The Morgan fingerprint density at radius 2 is 1.82 bits per heavy atom. The quantitative estimate of drug-likeness (QED) is 0.839. The second-order valence-corrected chi connectivity index (χ2v) is 5.86. The Balaban J connectivity index is 1.69. The summed E-state index contributed by atoms with van der Waals surface area (Å²) in [6.07, 6.45) is 0. The molecule has 1 aromatic carbocycles. The molecule has 0 radical (unpaired) electrons. The van der Waals surface area contributed by atoms with Gasteiger partial charge in [-0.2, -0.15) is 0 Å². The van der Waals surface area contributed by atoms with E-state index in [0.29, 0.717) is 0 Å². The van der Waals surface area contributed by atoms with Crippen molar-refractivity contribution in [1.82, 2.24) is 10.2 Å². The van der Waals surface area contributed by atoms with Crippen LogP contribution in [0.4, 0.5) is 0 Å². The van der Waals surface area contributed by atoms with E-state index in [1.54, 1.807) is 0 Å². The van der Waals surface area contributed by atoms with Crippen LogP contribution in [0.2, 0.25) is 0 Å². The number of hydrogen-bond acceptors (Lipinski definition) is 2. The number of rotatable bonds is 2. The summed E-state index contributed by atoms with van der Waals surface area (Å²) in [4.78, 5) is 2.60. The van der Waals surface area contributed by atoms with Crippen molar-refractivity contribution in [2.45, 2.75) is 33.5 Å². The number of likely N-dealkylation sites (tertiary alicyclic amines) is 1. The molecular weight excluding hydrogens is 208 g/mol. The van der Waals surface area contributed by atoms with Gasteiger partial charge >= 0.3 is 0 Å². The molecule has 1 aromatic rings. The number of nitrogens with zero attached hydrogens (tertiary/aromatic N) is 1. The van der Waals surface area contributed by atoms with Crippen molar-refractivity contribution in [1.29, 1.82) is 0 Å². The van der Waals surface area contributed by atoms with E-state index < -0.39 is 0 Å². The first-order valence-electron chi connectivity index (χ1n) is 6.76. The van der Waals surface area contributed by atoms with E-state index in [1.165, 1.54) is 29.8 Å². The minimum atomic E-state index is 0.853. The molecule has 0 saturated carbocycles. The SMILES string of the molecule is CC1CN(Cc2ccc3c(c2)CNC3)CC1C. The summed E-state index contributed by atoms with van der Waals surface area (Å²) in [5.74, 6) is 1.71. The van der Waals surface area contributed by atoms with E-state index in [1.807, 2.05) is 0 Å². The van der Waals surface area contributed by atoms with E-state index in [2.05, 4.69) is 42.3 Å². The van der Waals surface area contributed by atoms with Gasteiger partial charge in [-0.15, -0.1) is 0 Å². The van der Waals surface area contributed by atoms with Gasteiger partial charge in [-0.25, -0.2) is 0 Å². The molecule has 2 aliphatic rings. The van der Waals surface area contributed by atoms with Gasteiger partial charge in [0.15, 0.2) is 0 Å². The molecule has 2 aliphatic heterocycles. The Kier molecular flexibility index (Phi) is 2.93. The van der Waals surface area contributed by atoms with Crippen molar-refractivity contribution in [2.75, 3.05) is 13.1 Å². The fourth-order valence-electron chi connectivity index (χ4n) is 3.08. The molecule has 92 valence electrons. The Hall–Kier alpha value is -0.860. The number of benzene rings is 1. The fraction of sp³-hybridized carbons (Fsp3) is 0.600. The molecule has 2 heteroatoms. The summed E-state index contributed by atoms with van der Waals surface area (Å²) in [5, 5.41) is 3.41. The minimum Gasteiger partial charge on any atom is -0.309 e. The van der Waals surface area contributed by atoms with Crippen LogP contribution in [0.25, 0.3) is 0 Å². The van der Waals surface area contributed by atoms with Crippen LogP contribution in [-0.4, -0.2) is 18.0 Å². The topological polar surface area (TPSA) is 15.3 Å². The first-order chi connectivity index (χ1) is 8.22. The zero-order chi connectivity index (χ0) is 11.8. The Morgan fingerprint density at radius 3 is 2.59 bits per heavy atom. The summed E-state index contributed by atoms with van der Waals surface area (Å²) < 4.78 is 0. The highest BCUT2D eigenvalue weighted by atomic mass is 15.1. The summed E-state index contributed by atoms with van der Waals surface area (Å²) >= 11 is 0. The largest absolute Gasteiger partial charge is 0.309 e. The zero-order valence-corrected chi connectivity index (χ0v) is 10.9. The molecule has 0 bridgehead atoms. The van der Waals surface area contributed by atoms with Crippen LogP contribution < -0.4 is 5.32 Å². The van der Waals surface area contributed by atoms with Gasteiger partial charge in [0, 0.05) is 32.7 Å². The van der Waals surface area contributed by atoms with Crippen LogP contribution in [-0.2, 0) is 19.6 Å². The van der Waals surface area contributed by atoms with E-state index >= 15 is 0 Å². The second kappa shape index (κ2) is 4.43. The molecule has 0 amide bonds. The highest BCUT2D eigenvalue weighted by molar-refractivity contribution is 5.34. The molecular formula is C15H22N2. The predicted octanol–water partition coefficient (Wildman–Crippen LogP) is 2.38. The van der Waals surface area contributed by atoms with Crippen LogP contribution in [0.5, 0.6) is 0 Å². The van der Waals surface area contributed by atoms with Crippen LogP contribution in [0.1, 0.15) is 30.5 Å². The standard InChI is InChI=1S/C15H22N2/c1-11-8-17(9-12(11)2)10-13-3-4-14-6-16-7-15(14)5-13/h3-5,11-12,16H,6-10H2,1-2H3. The maximum absolute atomic E-state index is 3.41. The van der Waals surface area contributed by atoms with Gasteiger partial charge in [0.2, 0.25) is 0 Å². The monoisotopic (exact) mass is 230 g/mol. The fourth-order valence-corrected chi connectivity index (χ4v) is 3.08. The van der Waals surface area contributed by atoms with Crippen LogP contribution in [0.3, 0.4) is 0 Å². The second-order valence-electron chi connectivity index (χ2n) is 5.86. The third-order valence-corrected chi connectivity index (χ3v) is 4.37. The molecule has 3 rings (SSSR count). The molecule has 0 spiro atoms. The number of hydrogen-bond donors (Lipinski definition) is 1. The van der Waals surface area contributed by atoms with Crippen molar-refractivity contribution in [3.8, 4) is 0 Å². The number of nitrogens with one attached hydrogen (secondary N) is 1. The molecule has 1 saturated heterocycles. The van der Waals surface area contributed by atoms with Crippen molar-refractivity contribution < 1.29 is 0 Å². The maximum Gasteiger partial charge on any atom is 0.0234 e. The van der Waals surface area contributed by atoms with Gasteiger partial charge in [0.1, 0.15) is 0 Å². The lowest BCUT2D eigenvalue weighted by Crippen LogP contribution is -2.20. The summed E-state index contributed by atoms with van der Waals surface area (Å²) in [6.45, 7) is 10.5. The lowest BCUT2D eigenvalue weighted by atomic mass is 10.0. The van der Waals surface area contributed by atoms with Crippen LogP contribution in [0, 0.1) is 11.8 Å². The molecule has 2 unspecified atom stereocenters. The third-order valence-electron chi connectivity index (χ3n) is 4.37. The van der Waals surface area contributed by atoms with E-state index in [-0.39, 0.29) is 0 Å². The van der Waals surface area contributed by atoms with E-state index in [0.717, 1.165) is 31.5 Å². The van der Waals surface area contributed by atoms with Crippen LogP contribution >= 0.6 is 0 Å². The lowest BCUT2D eigenvalue weighted by Gasteiger charge is -2.16. The average molecular weight is 230 g/mol. The van der Waals surface area contributed by atoms with Crippen molar-refractivity contribution >= 4 is 0 Å². The predicted molar refractivity (Wildman–Crippen MR) is 70.6 cm³/mol. The maximum atomic E-state index is 3.41. The van der Waals surface area contributed by atoms with Crippen molar-refractivity contribution in [3.63, 3.8) is 0 Å². The highest BCUT2D eigenvalue weighted by Gasteiger charge is 2.25. The first kappa shape index (κ1) is 11.2. The first-order valence-corrected chi connectivity index (χ1v) is 6.76. The van der Waals surface area contributed by atoms with E-state index in [4.69, 9.17) is 0 Å². The Bertz CT molecular complexity index is 403. The van der Waals surface area contributed by atoms with Gasteiger partial charge in [-0.1, -0.05) is 32.0 Å². The van der Waals surface area contributed by atoms with Gasteiger partial charge in [-0.05, 0) is 28.5 Å². The smallest absolute Gasteiger partial charge is 0.0234 e. The highest BCUT2D eigenvalue weighted by Crippen LogP contribution is 2.25.